The molecule has 0 atom stereocenters. The first-order valence-corrected chi connectivity index (χ1v) is 8.37. The first-order chi connectivity index (χ1) is 13.6. The summed E-state index contributed by atoms with van der Waals surface area (Å²) in [6, 6.07) is 8.98. The first-order valence-electron chi connectivity index (χ1n) is 8.37. The van der Waals surface area contributed by atoms with Crippen molar-refractivity contribution < 1.29 is 19.4 Å². The zero-order valence-electron chi connectivity index (χ0n) is 15.4. The van der Waals surface area contributed by atoms with Crippen LogP contribution in [0.1, 0.15) is 10.4 Å². The molecule has 0 spiro atoms. The van der Waals surface area contributed by atoms with Crippen LogP contribution in [0.2, 0.25) is 0 Å². The second kappa shape index (κ2) is 6.69. The number of aromatic carboxylic acids is 1. The molecular formula is C19H17N5O4. The Labute approximate surface area is 159 Å². The summed E-state index contributed by atoms with van der Waals surface area (Å²) in [5.41, 5.74) is 2.64. The van der Waals surface area contributed by atoms with Crippen molar-refractivity contribution in [2.45, 2.75) is 0 Å². The Morgan fingerprint density at radius 2 is 1.96 bits per heavy atom. The number of nitrogens with zero attached hydrogens (tertiary/aromatic N) is 5. The number of carboxylic acids is 1. The van der Waals surface area contributed by atoms with E-state index < -0.39 is 5.97 Å². The van der Waals surface area contributed by atoms with Crippen LogP contribution in [-0.4, -0.2) is 49.8 Å². The van der Waals surface area contributed by atoms with E-state index in [1.54, 1.807) is 33.8 Å². The molecule has 0 aliphatic carbocycles. The minimum absolute atomic E-state index is 0.0272. The quantitative estimate of drug-likeness (QED) is 0.568. The number of fused-ring (bicyclic) bond motifs is 1. The van der Waals surface area contributed by atoms with Crippen LogP contribution in [-0.2, 0) is 7.05 Å². The average Bonchev–Trinajstić information content (AvgIpc) is 3.33. The molecular weight excluding hydrogens is 362 g/mol. The van der Waals surface area contributed by atoms with Crippen molar-refractivity contribution in [3.8, 4) is 28.6 Å². The Morgan fingerprint density at radius 3 is 2.68 bits per heavy atom. The zero-order chi connectivity index (χ0) is 19.8. The number of carbonyl (C=O) groups is 1. The summed E-state index contributed by atoms with van der Waals surface area (Å²) >= 11 is 0. The van der Waals surface area contributed by atoms with Crippen LogP contribution >= 0.6 is 0 Å². The van der Waals surface area contributed by atoms with Gasteiger partial charge in [0.15, 0.2) is 11.5 Å². The van der Waals surface area contributed by atoms with E-state index in [1.165, 1.54) is 14.2 Å². The molecule has 0 bridgehead atoms. The van der Waals surface area contributed by atoms with Gasteiger partial charge in [0.25, 0.3) is 0 Å². The van der Waals surface area contributed by atoms with E-state index in [1.807, 2.05) is 25.2 Å². The van der Waals surface area contributed by atoms with Gasteiger partial charge in [-0.2, -0.15) is 0 Å². The zero-order valence-corrected chi connectivity index (χ0v) is 15.4. The average molecular weight is 379 g/mol. The fraction of sp³-hybridized carbons (Fsp3) is 0.158. The third-order valence-electron chi connectivity index (χ3n) is 4.52. The van der Waals surface area contributed by atoms with Crippen molar-refractivity contribution in [1.29, 1.82) is 0 Å². The van der Waals surface area contributed by atoms with Crippen LogP contribution in [0.3, 0.4) is 0 Å². The fourth-order valence-electron chi connectivity index (χ4n) is 3.26. The molecule has 2 heterocycles. The van der Waals surface area contributed by atoms with Gasteiger partial charge in [0.2, 0.25) is 0 Å². The van der Waals surface area contributed by atoms with Crippen LogP contribution in [0, 0.1) is 0 Å². The van der Waals surface area contributed by atoms with Crippen molar-refractivity contribution in [2.75, 3.05) is 14.2 Å². The van der Waals surface area contributed by atoms with Gasteiger partial charge < -0.3 is 14.6 Å². The first kappa shape index (κ1) is 17.5. The maximum atomic E-state index is 12.0. The molecule has 9 heteroatoms. The highest BCUT2D eigenvalue weighted by Gasteiger charge is 2.25. The number of hydrogen-bond acceptors (Lipinski definition) is 6. The molecule has 0 aliphatic heterocycles. The molecule has 0 fully saturated rings. The van der Waals surface area contributed by atoms with E-state index in [2.05, 4.69) is 15.3 Å². The van der Waals surface area contributed by atoms with Crippen LogP contribution < -0.4 is 9.47 Å². The van der Waals surface area contributed by atoms with E-state index in [-0.39, 0.29) is 11.3 Å². The normalized spacial score (nSPS) is 11.0. The standard InChI is InChI=1S/C19H17N5O4/c1-23-12-5-4-6-13(16(12)21-22-23)24-10-9-20-18(24)11-7-8-14(27-2)17(28-3)15(11)19(25)26/h4-10H,1-3H3,(H,25,26). The van der Waals surface area contributed by atoms with Crippen molar-refractivity contribution >= 4 is 17.0 Å². The predicted octanol–water partition coefficient (Wildman–Crippen LogP) is 2.54. The molecule has 0 saturated heterocycles. The van der Waals surface area contributed by atoms with Gasteiger partial charge in [0, 0.05) is 25.0 Å². The Bertz CT molecular complexity index is 1190. The number of imidazole rings is 1. The molecule has 28 heavy (non-hydrogen) atoms. The highest BCUT2D eigenvalue weighted by Crippen LogP contribution is 2.38. The van der Waals surface area contributed by atoms with E-state index in [4.69, 9.17) is 9.47 Å². The largest absolute Gasteiger partial charge is 0.493 e. The van der Waals surface area contributed by atoms with Crippen molar-refractivity contribution in [1.82, 2.24) is 24.5 Å². The van der Waals surface area contributed by atoms with Gasteiger partial charge in [-0.1, -0.05) is 11.3 Å². The number of aryl methyl sites for hydroxylation is 1. The molecule has 4 aromatic rings. The van der Waals surface area contributed by atoms with E-state index in [0.717, 1.165) is 11.2 Å². The Hall–Kier alpha value is -3.88. The number of benzene rings is 2. The van der Waals surface area contributed by atoms with Gasteiger partial charge >= 0.3 is 5.97 Å². The van der Waals surface area contributed by atoms with Crippen LogP contribution in [0.25, 0.3) is 28.1 Å². The molecule has 0 aliphatic rings. The van der Waals surface area contributed by atoms with Gasteiger partial charge in [-0.25, -0.2) is 14.5 Å². The predicted molar refractivity (Wildman–Crippen MR) is 101 cm³/mol. The van der Waals surface area contributed by atoms with Crippen LogP contribution in [0.4, 0.5) is 0 Å². The molecule has 2 aromatic heterocycles. The molecule has 0 radical (unpaired) electrons. The number of rotatable bonds is 5. The summed E-state index contributed by atoms with van der Waals surface area (Å²) < 4.78 is 14.0. The smallest absolute Gasteiger partial charge is 0.340 e. The van der Waals surface area contributed by atoms with Gasteiger partial charge in [-0.05, 0) is 24.3 Å². The number of hydrogen-bond donors (Lipinski definition) is 1. The molecule has 9 nitrogen and oxygen atoms in total. The van der Waals surface area contributed by atoms with Gasteiger partial charge in [-0.15, -0.1) is 5.10 Å². The SMILES string of the molecule is COc1ccc(-c2nccn2-c2cccc3c2nnn3C)c(C(=O)O)c1OC. The molecule has 0 unspecified atom stereocenters. The lowest BCUT2D eigenvalue weighted by Crippen LogP contribution is -2.07. The molecule has 0 amide bonds. The molecule has 142 valence electrons. The lowest BCUT2D eigenvalue weighted by Gasteiger charge is -2.15. The van der Waals surface area contributed by atoms with E-state index >= 15 is 0 Å². The number of ether oxygens (including phenoxy) is 2. The maximum absolute atomic E-state index is 12.0. The topological polar surface area (TPSA) is 104 Å². The van der Waals surface area contributed by atoms with Crippen molar-refractivity contribution in [3.63, 3.8) is 0 Å². The molecule has 1 N–H and O–H groups in total. The number of methoxy groups -OCH3 is 2. The van der Waals surface area contributed by atoms with Crippen LogP contribution in [0.15, 0.2) is 42.7 Å². The second-order valence-corrected chi connectivity index (χ2v) is 6.01. The third-order valence-corrected chi connectivity index (χ3v) is 4.52. The Balaban J connectivity index is 1.99. The molecule has 4 rings (SSSR count). The third kappa shape index (κ3) is 2.56. The lowest BCUT2D eigenvalue weighted by molar-refractivity contribution is 0.0693. The minimum Gasteiger partial charge on any atom is -0.493 e. The summed E-state index contributed by atoms with van der Waals surface area (Å²) in [5, 5.41) is 18.1. The summed E-state index contributed by atoms with van der Waals surface area (Å²) in [6.07, 6.45) is 3.36. The highest BCUT2D eigenvalue weighted by atomic mass is 16.5. The van der Waals surface area contributed by atoms with Crippen molar-refractivity contribution in [2.24, 2.45) is 7.05 Å². The summed E-state index contributed by atoms with van der Waals surface area (Å²) in [7, 11) is 4.67. The Kier molecular flexibility index (Phi) is 4.19. The fourth-order valence-corrected chi connectivity index (χ4v) is 3.26. The van der Waals surface area contributed by atoms with Gasteiger partial charge in [0.05, 0.1) is 25.4 Å². The highest BCUT2D eigenvalue weighted by molar-refractivity contribution is 5.99. The second-order valence-electron chi connectivity index (χ2n) is 6.01. The van der Waals surface area contributed by atoms with E-state index in [9.17, 15) is 9.90 Å². The number of aromatic nitrogens is 5. The van der Waals surface area contributed by atoms with Gasteiger partial charge in [0.1, 0.15) is 16.9 Å². The lowest BCUT2D eigenvalue weighted by atomic mass is 10.0. The minimum atomic E-state index is -1.14. The summed E-state index contributed by atoms with van der Waals surface area (Å²) in [5.74, 6) is -0.230. The number of carboxylic acid groups (broad SMARTS) is 1. The monoisotopic (exact) mass is 379 g/mol. The summed E-state index contributed by atoms with van der Waals surface area (Å²) in [6.45, 7) is 0. The Morgan fingerprint density at radius 1 is 1.14 bits per heavy atom. The van der Waals surface area contributed by atoms with Crippen LogP contribution in [0.5, 0.6) is 11.5 Å². The maximum Gasteiger partial charge on any atom is 0.340 e. The molecule has 0 saturated carbocycles. The summed E-state index contributed by atoms with van der Waals surface area (Å²) in [4.78, 5) is 16.4. The van der Waals surface area contributed by atoms with E-state index in [0.29, 0.717) is 22.7 Å². The van der Waals surface area contributed by atoms with Gasteiger partial charge in [-0.3, -0.25) is 4.57 Å². The molecule has 2 aromatic carbocycles. The van der Waals surface area contributed by atoms with Crippen molar-refractivity contribution in [3.05, 3.63) is 48.3 Å².